The van der Waals surface area contributed by atoms with Crippen LogP contribution >= 0.6 is 11.3 Å². The average molecular weight is 424 g/mol. The van der Waals surface area contributed by atoms with E-state index in [0.717, 1.165) is 48.2 Å². The van der Waals surface area contributed by atoms with Gasteiger partial charge in [-0.25, -0.2) is 8.78 Å². The SMILES string of the molecule is Fc1c(OC(F)(F)F)ccc2c1sc1c(F)c(C3=CCC(C4CC4)CC3)ccc12. The Kier molecular flexibility index (Phi) is 4.35. The predicted molar refractivity (Wildman–Crippen MR) is 104 cm³/mol. The minimum absolute atomic E-state index is 0.0378. The van der Waals surface area contributed by atoms with Crippen molar-refractivity contribution in [3.8, 4) is 5.75 Å². The van der Waals surface area contributed by atoms with E-state index in [4.69, 9.17) is 0 Å². The van der Waals surface area contributed by atoms with Gasteiger partial charge in [0, 0.05) is 16.3 Å². The largest absolute Gasteiger partial charge is 0.573 e. The first-order chi connectivity index (χ1) is 13.8. The van der Waals surface area contributed by atoms with Crippen molar-refractivity contribution in [3.05, 3.63) is 47.5 Å². The zero-order chi connectivity index (χ0) is 20.3. The maximum Gasteiger partial charge on any atom is 0.573 e. The molecule has 1 atom stereocenters. The smallest absolute Gasteiger partial charge is 0.403 e. The van der Waals surface area contributed by atoms with E-state index in [1.165, 1.54) is 18.9 Å². The first-order valence-corrected chi connectivity index (χ1v) is 10.4. The lowest BCUT2D eigenvalue weighted by Gasteiger charge is -2.22. The number of rotatable bonds is 3. The average Bonchev–Trinajstić information content (AvgIpc) is 3.45. The van der Waals surface area contributed by atoms with Gasteiger partial charge in [-0.2, -0.15) is 0 Å². The predicted octanol–water partition coefficient (Wildman–Crippen LogP) is 7.82. The number of allylic oxidation sites excluding steroid dienone is 2. The van der Waals surface area contributed by atoms with E-state index in [1.807, 2.05) is 0 Å². The molecule has 1 saturated carbocycles. The number of hydrogen-bond acceptors (Lipinski definition) is 2. The summed E-state index contributed by atoms with van der Waals surface area (Å²) in [7, 11) is 0. The maximum absolute atomic E-state index is 15.3. The standard InChI is InChI=1S/C22H17F5OS/c23-18-14(13-5-3-12(4-6-13)11-1-2-11)7-8-15-16-9-10-17(28-22(25,26)27)19(24)21(16)29-20(15)18/h5,7-12H,1-4,6H2. The Labute approximate surface area is 167 Å². The van der Waals surface area contributed by atoms with Gasteiger partial charge in [0.2, 0.25) is 0 Å². The van der Waals surface area contributed by atoms with Crippen molar-refractivity contribution in [1.82, 2.24) is 0 Å². The Morgan fingerprint density at radius 1 is 0.862 bits per heavy atom. The molecule has 1 fully saturated rings. The molecule has 1 nitrogen and oxygen atoms in total. The molecule has 2 aliphatic rings. The van der Waals surface area contributed by atoms with Crippen LogP contribution in [0, 0.1) is 23.5 Å². The normalized spacial score (nSPS) is 20.3. The molecule has 0 aliphatic heterocycles. The maximum atomic E-state index is 15.3. The van der Waals surface area contributed by atoms with Gasteiger partial charge in [-0.1, -0.05) is 18.2 Å². The van der Waals surface area contributed by atoms with Gasteiger partial charge in [0.15, 0.2) is 11.6 Å². The van der Waals surface area contributed by atoms with Gasteiger partial charge in [0.1, 0.15) is 5.82 Å². The summed E-state index contributed by atoms with van der Waals surface area (Å²) in [5.41, 5.74) is 1.46. The molecule has 7 heteroatoms. The van der Waals surface area contributed by atoms with E-state index < -0.39 is 23.7 Å². The molecular formula is C22H17F5OS. The van der Waals surface area contributed by atoms with Gasteiger partial charge in [-0.05, 0) is 61.6 Å². The second kappa shape index (κ2) is 6.69. The van der Waals surface area contributed by atoms with E-state index in [9.17, 15) is 17.6 Å². The molecule has 0 spiro atoms. The van der Waals surface area contributed by atoms with E-state index in [-0.39, 0.29) is 9.40 Å². The molecule has 0 amide bonds. The summed E-state index contributed by atoms with van der Waals surface area (Å²) in [6.45, 7) is 0. The number of benzene rings is 2. The summed E-state index contributed by atoms with van der Waals surface area (Å²) in [6.07, 6.45) is 2.52. The quantitative estimate of drug-likeness (QED) is 0.389. The molecule has 152 valence electrons. The Hall–Kier alpha value is -2.15. The zero-order valence-corrected chi connectivity index (χ0v) is 16.1. The van der Waals surface area contributed by atoms with Crippen molar-refractivity contribution in [2.24, 2.45) is 11.8 Å². The fourth-order valence-corrected chi connectivity index (χ4v) is 5.54. The second-order valence-corrected chi connectivity index (χ2v) is 8.83. The van der Waals surface area contributed by atoms with E-state index in [1.54, 1.807) is 12.1 Å². The number of ether oxygens (including phenoxy) is 1. The third-order valence-corrected chi connectivity index (χ3v) is 7.17. The molecule has 1 heterocycles. The third-order valence-electron chi connectivity index (χ3n) is 5.96. The van der Waals surface area contributed by atoms with Crippen molar-refractivity contribution in [3.63, 3.8) is 0 Å². The molecule has 29 heavy (non-hydrogen) atoms. The summed E-state index contributed by atoms with van der Waals surface area (Å²) >= 11 is 0.824. The molecule has 2 aromatic carbocycles. The fraction of sp³-hybridized carbons (Fsp3) is 0.364. The molecule has 0 bridgehead atoms. The van der Waals surface area contributed by atoms with Crippen LogP contribution in [-0.2, 0) is 0 Å². The van der Waals surface area contributed by atoms with Crippen LogP contribution in [0.3, 0.4) is 0 Å². The van der Waals surface area contributed by atoms with Crippen LogP contribution < -0.4 is 4.74 Å². The molecule has 5 rings (SSSR count). The van der Waals surface area contributed by atoms with E-state index in [2.05, 4.69) is 10.8 Å². The highest BCUT2D eigenvalue weighted by molar-refractivity contribution is 7.25. The Balaban J connectivity index is 1.56. The molecular weight excluding hydrogens is 407 g/mol. The topological polar surface area (TPSA) is 9.23 Å². The lowest BCUT2D eigenvalue weighted by atomic mass is 9.84. The van der Waals surface area contributed by atoms with Crippen molar-refractivity contribution in [2.45, 2.75) is 38.5 Å². The molecule has 0 N–H and O–H groups in total. The first-order valence-electron chi connectivity index (χ1n) is 9.60. The molecule has 2 aliphatic carbocycles. The van der Waals surface area contributed by atoms with Crippen LogP contribution in [-0.4, -0.2) is 6.36 Å². The summed E-state index contributed by atoms with van der Waals surface area (Å²) < 4.78 is 71.3. The molecule has 0 saturated heterocycles. The number of thiophene rings is 1. The highest BCUT2D eigenvalue weighted by atomic mass is 32.1. The number of alkyl halides is 3. The van der Waals surface area contributed by atoms with Crippen molar-refractivity contribution >= 4 is 37.1 Å². The number of fused-ring (bicyclic) bond motifs is 3. The van der Waals surface area contributed by atoms with Crippen LogP contribution in [0.5, 0.6) is 5.75 Å². The van der Waals surface area contributed by atoms with Gasteiger partial charge >= 0.3 is 6.36 Å². The third kappa shape index (κ3) is 3.39. The van der Waals surface area contributed by atoms with Crippen molar-refractivity contribution < 1.29 is 26.7 Å². The summed E-state index contributed by atoms with van der Waals surface area (Å²) in [4.78, 5) is 0. The lowest BCUT2D eigenvalue weighted by molar-refractivity contribution is -0.275. The number of hydrogen-bond donors (Lipinski definition) is 0. The van der Waals surface area contributed by atoms with Crippen LogP contribution in [0.4, 0.5) is 22.0 Å². The number of halogens is 5. The minimum Gasteiger partial charge on any atom is -0.403 e. The minimum atomic E-state index is -4.99. The zero-order valence-electron chi connectivity index (χ0n) is 15.3. The molecule has 3 aromatic rings. The Morgan fingerprint density at radius 3 is 2.17 bits per heavy atom. The van der Waals surface area contributed by atoms with Crippen LogP contribution in [0.2, 0.25) is 0 Å². The Morgan fingerprint density at radius 2 is 1.55 bits per heavy atom. The van der Waals surface area contributed by atoms with Crippen LogP contribution in [0.25, 0.3) is 25.7 Å². The van der Waals surface area contributed by atoms with Gasteiger partial charge in [-0.15, -0.1) is 24.5 Å². The summed E-state index contributed by atoms with van der Waals surface area (Å²) in [5.74, 6) is -0.947. The lowest BCUT2D eigenvalue weighted by Crippen LogP contribution is -2.17. The van der Waals surface area contributed by atoms with Crippen LogP contribution in [0.1, 0.15) is 37.7 Å². The molecule has 1 unspecified atom stereocenters. The Bertz CT molecular complexity index is 1140. The van der Waals surface area contributed by atoms with Gasteiger partial charge in [-0.3, -0.25) is 0 Å². The fourth-order valence-electron chi connectivity index (χ4n) is 4.37. The van der Waals surface area contributed by atoms with E-state index in [0.29, 0.717) is 22.3 Å². The van der Waals surface area contributed by atoms with Gasteiger partial charge < -0.3 is 4.74 Å². The van der Waals surface area contributed by atoms with Gasteiger partial charge in [0.05, 0.1) is 9.40 Å². The monoisotopic (exact) mass is 424 g/mol. The summed E-state index contributed by atoms with van der Waals surface area (Å²) in [6, 6.07) is 5.71. The van der Waals surface area contributed by atoms with E-state index >= 15 is 4.39 Å². The molecule has 1 aromatic heterocycles. The summed E-state index contributed by atoms with van der Waals surface area (Å²) in [5, 5.41) is 0.880. The first kappa shape index (κ1) is 18.9. The highest BCUT2D eigenvalue weighted by Gasteiger charge is 2.34. The highest BCUT2D eigenvalue weighted by Crippen LogP contribution is 2.46. The molecule has 0 radical (unpaired) electrons. The second-order valence-electron chi connectivity index (χ2n) is 7.81. The van der Waals surface area contributed by atoms with Gasteiger partial charge in [0.25, 0.3) is 0 Å². The van der Waals surface area contributed by atoms with Crippen LogP contribution in [0.15, 0.2) is 30.3 Å². The van der Waals surface area contributed by atoms with Crippen molar-refractivity contribution in [2.75, 3.05) is 0 Å². The van der Waals surface area contributed by atoms with Crippen molar-refractivity contribution in [1.29, 1.82) is 0 Å².